The molecule has 1 fully saturated rings. The summed E-state index contributed by atoms with van der Waals surface area (Å²) in [7, 11) is 3.99. The molecule has 0 unspecified atom stereocenters. The van der Waals surface area contributed by atoms with Gasteiger partial charge in [-0.25, -0.2) is 4.79 Å². The van der Waals surface area contributed by atoms with E-state index in [1.165, 1.54) is 0 Å². The number of ether oxygens (including phenoxy) is 1. The Bertz CT molecular complexity index is 736. The molecule has 0 radical (unpaired) electrons. The average molecular weight is 368 g/mol. The van der Waals surface area contributed by atoms with Crippen LogP contribution in [0.15, 0.2) is 48.5 Å². The zero-order valence-corrected chi connectivity index (χ0v) is 16.3. The van der Waals surface area contributed by atoms with Crippen molar-refractivity contribution in [2.45, 2.75) is 6.92 Å². The highest BCUT2D eigenvalue weighted by Gasteiger charge is 2.21. The Hall–Kier alpha value is -2.89. The molecule has 2 aromatic rings. The fourth-order valence-corrected chi connectivity index (χ4v) is 3.13. The first-order valence-electron chi connectivity index (χ1n) is 9.38. The Morgan fingerprint density at radius 1 is 1.00 bits per heavy atom. The zero-order valence-electron chi connectivity index (χ0n) is 16.3. The van der Waals surface area contributed by atoms with Crippen LogP contribution >= 0.6 is 0 Å². The SMILES string of the molecule is CCOc1ccc(N2CCN(C(=O)Nc3ccc(N(C)C)cc3)CC2)cc1. The van der Waals surface area contributed by atoms with Crippen molar-refractivity contribution in [1.29, 1.82) is 0 Å². The summed E-state index contributed by atoms with van der Waals surface area (Å²) in [5.41, 5.74) is 3.09. The maximum atomic E-state index is 12.5. The van der Waals surface area contributed by atoms with E-state index in [4.69, 9.17) is 4.74 Å². The molecule has 0 saturated carbocycles. The minimum Gasteiger partial charge on any atom is -0.494 e. The minimum atomic E-state index is -0.0426. The summed E-state index contributed by atoms with van der Waals surface area (Å²) in [6.45, 7) is 5.70. The number of piperazine rings is 1. The van der Waals surface area contributed by atoms with Crippen molar-refractivity contribution in [3.63, 3.8) is 0 Å². The van der Waals surface area contributed by atoms with Gasteiger partial charge in [-0.1, -0.05) is 0 Å². The van der Waals surface area contributed by atoms with E-state index >= 15 is 0 Å². The second kappa shape index (κ2) is 8.66. The monoisotopic (exact) mass is 368 g/mol. The second-order valence-corrected chi connectivity index (χ2v) is 6.77. The molecule has 3 rings (SSSR count). The van der Waals surface area contributed by atoms with Crippen molar-refractivity contribution in [2.24, 2.45) is 0 Å². The van der Waals surface area contributed by atoms with Gasteiger partial charge in [-0.2, -0.15) is 0 Å². The third-order valence-electron chi connectivity index (χ3n) is 4.71. The lowest BCUT2D eigenvalue weighted by Crippen LogP contribution is -2.50. The molecule has 2 aromatic carbocycles. The lowest BCUT2D eigenvalue weighted by Gasteiger charge is -2.36. The molecule has 6 heteroatoms. The first-order chi connectivity index (χ1) is 13.1. The van der Waals surface area contributed by atoms with E-state index in [-0.39, 0.29) is 6.03 Å². The molecule has 1 saturated heterocycles. The lowest BCUT2D eigenvalue weighted by molar-refractivity contribution is 0.208. The van der Waals surface area contributed by atoms with Gasteiger partial charge in [0.2, 0.25) is 0 Å². The summed E-state index contributed by atoms with van der Waals surface area (Å²) in [6.07, 6.45) is 0. The van der Waals surface area contributed by atoms with Crippen molar-refractivity contribution in [3.05, 3.63) is 48.5 Å². The van der Waals surface area contributed by atoms with E-state index in [1.807, 2.05) is 67.2 Å². The van der Waals surface area contributed by atoms with Crippen LogP contribution in [0, 0.1) is 0 Å². The molecule has 144 valence electrons. The largest absolute Gasteiger partial charge is 0.494 e. The van der Waals surface area contributed by atoms with E-state index < -0.39 is 0 Å². The highest BCUT2D eigenvalue weighted by atomic mass is 16.5. The molecule has 0 aromatic heterocycles. The average Bonchev–Trinajstić information content (AvgIpc) is 2.69. The predicted molar refractivity (Wildman–Crippen MR) is 111 cm³/mol. The number of carbonyl (C=O) groups is 1. The molecule has 1 aliphatic heterocycles. The molecular formula is C21H28N4O2. The number of amides is 2. The van der Waals surface area contributed by atoms with Gasteiger partial charge in [0.05, 0.1) is 6.61 Å². The normalized spacial score (nSPS) is 14.0. The molecule has 1 heterocycles. The molecule has 0 aliphatic carbocycles. The predicted octanol–water partition coefficient (Wildman–Crippen LogP) is 3.51. The Morgan fingerprint density at radius 3 is 2.19 bits per heavy atom. The van der Waals surface area contributed by atoms with E-state index in [2.05, 4.69) is 22.3 Å². The van der Waals surface area contributed by atoms with Gasteiger partial charge in [-0.3, -0.25) is 0 Å². The zero-order chi connectivity index (χ0) is 19.2. The summed E-state index contributed by atoms with van der Waals surface area (Å²) < 4.78 is 5.49. The van der Waals surface area contributed by atoms with E-state index in [0.29, 0.717) is 19.7 Å². The number of nitrogens with one attached hydrogen (secondary N) is 1. The number of urea groups is 1. The summed E-state index contributed by atoms with van der Waals surface area (Å²) in [5, 5.41) is 2.99. The van der Waals surface area contributed by atoms with E-state index in [0.717, 1.165) is 35.9 Å². The smallest absolute Gasteiger partial charge is 0.321 e. The summed E-state index contributed by atoms with van der Waals surface area (Å²) in [6, 6.07) is 16.0. The van der Waals surface area contributed by atoms with Crippen LogP contribution in [0.2, 0.25) is 0 Å². The van der Waals surface area contributed by atoms with Gasteiger partial charge in [0.1, 0.15) is 5.75 Å². The van der Waals surface area contributed by atoms with Gasteiger partial charge in [0.15, 0.2) is 0 Å². The van der Waals surface area contributed by atoms with E-state index in [9.17, 15) is 4.79 Å². The third-order valence-corrected chi connectivity index (χ3v) is 4.71. The van der Waals surface area contributed by atoms with Gasteiger partial charge in [-0.05, 0) is 55.5 Å². The maximum Gasteiger partial charge on any atom is 0.321 e. The second-order valence-electron chi connectivity index (χ2n) is 6.77. The van der Waals surface area contributed by atoms with Crippen molar-refractivity contribution in [1.82, 2.24) is 4.90 Å². The Morgan fingerprint density at radius 2 is 1.63 bits per heavy atom. The van der Waals surface area contributed by atoms with Crippen molar-refractivity contribution in [2.75, 3.05) is 62.0 Å². The van der Waals surface area contributed by atoms with Gasteiger partial charge < -0.3 is 24.8 Å². The van der Waals surface area contributed by atoms with Gasteiger partial charge >= 0.3 is 6.03 Å². The van der Waals surface area contributed by atoms with Crippen molar-refractivity contribution in [3.8, 4) is 5.75 Å². The first-order valence-corrected chi connectivity index (χ1v) is 9.38. The molecule has 6 nitrogen and oxygen atoms in total. The van der Waals surface area contributed by atoms with Crippen LogP contribution in [0.25, 0.3) is 0 Å². The molecule has 1 aliphatic rings. The summed E-state index contributed by atoms with van der Waals surface area (Å²) in [4.78, 5) is 18.7. The van der Waals surface area contributed by atoms with Gasteiger partial charge in [0.25, 0.3) is 0 Å². The highest BCUT2D eigenvalue weighted by molar-refractivity contribution is 5.89. The minimum absolute atomic E-state index is 0.0426. The summed E-state index contributed by atoms with van der Waals surface area (Å²) in [5.74, 6) is 0.888. The van der Waals surface area contributed by atoms with Gasteiger partial charge in [0, 0.05) is 57.3 Å². The molecular weight excluding hydrogens is 340 g/mol. The number of carbonyl (C=O) groups excluding carboxylic acids is 1. The number of benzene rings is 2. The van der Waals surface area contributed by atoms with Crippen molar-refractivity contribution >= 4 is 23.1 Å². The molecule has 0 atom stereocenters. The molecule has 0 spiro atoms. The topological polar surface area (TPSA) is 48.1 Å². The first kappa shape index (κ1) is 18.9. The van der Waals surface area contributed by atoms with Crippen LogP contribution in [0.4, 0.5) is 21.9 Å². The van der Waals surface area contributed by atoms with Crippen LogP contribution in [-0.4, -0.2) is 57.8 Å². The fourth-order valence-electron chi connectivity index (χ4n) is 3.13. The number of anilines is 3. The molecule has 0 bridgehead atoms. The standard InChI is InChI=1S/C21H28N4O2/c1-4-27-20-11-9-19(10-12-20)24-13-15-25(16-14-24)21(26)22-17-5-7-18(8-6-17)23(2)3/h5-12H,4,13-16H2,1-3H3,(H,22,26). The molecule has 2 amide bonds. The number of rotatable bonds is 5. The Kier molecular flexibility index (Phi) is 6.06. The molecule has 27 heavy (non-hydrogen) atoms. The van der Waals surface area contributed by atoms with Gasteiger partial charge in [-0.15, -0.1) is 0 Å². The number of nitrogens with zero attached hydrogens (tertiary/aromatic N) is 3. The van der Waals surface area contributed by atoms with Crippen LogP contribution < -0.4 is 19.9 Å². The van der Waals surface area contributed by atoms with Crippen LogP contribution in [-0.2, 0) is 0 Å². The highest BCUT2D eigenvalue weighted by Crippen LogP contribution is 2.21. The third kappa shape index (κ3) is 4.84. The van der Waals surface area contributed by atoms with Crippen LogP contribution in [0.1, 0.15) is 6.92 Å². The van der Waals surface area contributed by atoms with Crippen molar-refractivity contribution < 1.29 is 9.53 Å². The fraction of sp³-hybridized carbons (Fsp3) is 0.381. The van der Waals surface area contributed by atoms with E-state index in [1.54, 1.807) is 0 Å². The van der Waals surface area contributed by atoms with Crippen LogP contribution in [0.3, 0.4) is 0 Å². The lowest BCUT2D eigenvalue weighted by atomic mass is 10.2. The van der Waals surface area contributed by atoms with Crippen LogP contribution in [0.5, 0.6) is 5.75 Å². The number of hydrogen-bond donors (Lipinski definition) is 1. The summed E-state index contributed by atoms with van der Waals surface area (Å²) >= 11 is 0. The molecule has 1 N–H and O–H groups in total. The Labute approximate surface area is 161 Å². The quantitative estimate of drug-likeness (QED) is 0.877. The number of hydrogen-bond acceptors (Lipinski definition) is 4. The Balaban J connectivity index is 1.51. The maximum absolute atomic E-state index is 12.5.